The Morgan fingerprint density at radius 2 is 1.83 bits per heavy atom. The molecular formula is C22H26ClFN2O3S. The Bertz CT molecular complexity index is 1000. The Balaban J connectivity index is 1.51. The minimum atomic E-state index is -3.24. The van der Waals surface area contributed by atoms with Gasteiger partial charge in [0.15, 0.2) is 9.84 Å². The molecule has 2 aromatic rings. The maximum absolute atomic E-state index is 14.0. The molecular weight excluding hydrogens is 427 g/mol. The van der Waals surface area contributed by atoms with Crippen LogP contribution in [0.2, 0.25) is 5.02 Å². The standard InChI is InChI=1S/C22H26ClFN2O3S/c1-15(16-4-7-20(8-5-16)30(2,28)29)25-22(27)17-9-11-26(12-10-17)14-18-3-6-19(23)13-21(18)24/h3-8,13,15,17H,9-12,14H2,1-2H3,(H,25,27)/t15-/m0/s1. The molecule has 0 radical (unpaired) electrons. The van der Waals surface area contributed by atoms with Gasteiger partial charge in [-0.25, -0.2) is 12.8 Å². The number of rotatable bonds is 6. The molecule has 8 heteroatoms. The van der Waals surface area contributed by atoms with Gasteiger partial charge in [-0.3, -0.25) is 9.69 Å². The number of sulfone groups is 1. The number of hydrogen-bond donors (Lipinski definition) is 1. The summed E-state index contributed by atoms with van der Waals surface area (Å²) >= 11 is 5.80. The fraction of sp³-hybridized carbons (Fsp3) is 0.409. The normalized spacial score (nSPS) is 16.9. The summed E-state index contributed by atoms with van der Waals surface area (Å²) in [7, 11) is -3.24. The van der Waals surface area contributed by atoms with Gasteiger partial charge in [0.2, 0.25) is 5.91 Å². The second-order valence-electron chi connectivity index (χ2n) is 7.86. The van der Waals surface area contributed by atoms with E-state index in [0.29, 0.717) is 30.0 Å². The molecule has 1 amide bonds. The van der Waals surface area contributed by atoms with Gasteiger partial charge < -0.3 is 5.32 Å². The van der Waals surface area contributed by atoms with Crippen LogP contribution < -0.4 is 5.32 Å². The van der Waals surface area contributed by atoms with Crippen LogP contribution in [0.4, 0.5) is 4.39 Å². The maximum atomic E-state index is 14.0. The van der Waals surface area contributed by atoms with Gasteiger partial charge >= 0.3 is 0 Å². The number of benzene rings is 2. The van der Waals surface area contributed by atoms with Crippen LogP contribution in [0.15, 0.2) is 47.4 Å². The first kappa shape index (κ1) is 22.7. The van der Waals surface area contributed by atoms with Crippen molar-refractivity contribution in [1.82, 2.24) is 10.2 Å². The SMILES string of the molecule is C[C@H](NC(=O)C1CCN(Cc2ccc(Cl)cc2F)CC1)c1ccc(S(C)(=O)=O)cc1. The average Bonchev–Trinajstić information content (AvgIpc) is 2.70. The predicted octanol–water partition coefficient (Wildman–Crippen LogP) is 3.97. The largest absolute Gasteiger partial charge is 0.349 e. The molecule has 1 atom stereocenters. The molecule has 30 heavy (non-hydrogen) atoms. The Kier molecular flexibility index (Phi) is 7.16. The van der Waals surface area contributed by atoms with E-state index < -0.39 is 9.84 Å². The van der Waals surface area contributed by atoms with Crippen molar-refractivity contribution in [2.45, 2.75) is 37.2 Å². The first-order valence-corrected chi connectivity index (χ1v) is 12.2. The first-order valence-electron chi connectivity index (χ1n) is 9.90. The van der Waals surface area contributed by atoms with Gasteiger partial charge in [0, 0.05) is 29.3 Å². The minimum Gasteiger partial charge on any atom is -0.349 e. The number of nitrogens with zero attached hydrogens (tertiary/aromatic N) is 1. The van der Waals surface area contributed by atoms with Crippen LogP contribution in [-0.4, -0.2) is 38.6 Å². The summed E-state index contributed by atoms with van der Waals surface area (Å²) in [4.78, 5) is 15.1. The number of carbonyl (C=O) groups excluding carboxylic acids is 1. The Hall–Kier alpha value is -1.96. The molecule has 0 spiro atoms. The highest BCUT2D eigenvalue weighted by Gasteiger charge is 2.26. The smallest absolute Gasteiger partial charge is 0.223 e. The molecule has 0 aromatic heterocycles. The van der Waals surface area contributed by atoms with Gasteiger partial charge in [-0.15, -0.1) is 0 Å². The second-order valence-corrected chi connectivity index (χ2v) is 10.3. The molecule has 1 fully saturated rings. The molecule has 5 nitrogen and oxygen atoms in total. The van der Waals surface area contributed by atoms with Gasteiger partial charge in [-0.2, -0.15) is 0 Å². The zero-order chi connectivity index (χ0) is 21.9. The quantitative estimate of drug-likeness (QED) is 0.720. The van der Waals surface area contributed by atoms with E-state index in [2.05, 4.69) is 10.2 Å². The highest BCUT2D eigenvalue weighted by molar-refractivity contribution is 7.90. The molecule has 1 aliphatic heterocycles. The summed E-state index contributed by atoms with van der Waals surface area (Å²) in [5.74, 6) is -0.404. The third-order valence-electron chi connectivity index (χ3n) is 5.53. The van der Waals surface area contributed by atoms with E-state index in [4.69, 9.17) is 11.6 Å². The summed E-state index contributed by atoms with van der Waals surface area (Å²) in [6.45, 7) is 3.82. The monoisotopic (exact) mass is 452 g/mol. The van der Waals surface area contributed by atoms with E-state index in [0.717, 1.165) is 18.7 Å². The molecule has 3 rings (SSSR count). The molecule has 2 aromatic carbocycles. The van der Waals surface area contributed by atoms with Crippen LogP contribution in [0.3, 0.4) is 0 Å². The van der Waals surface area contributed by atoms with E-state index in [9.17, 15) is 17.6 Å². The van der Waals surface area contributed by atoms with Gasteiger partial charge in [0.25, 0.3) is 0 Å². The summed E-state index contributed by atoms with van der Waals surface area (Å²) < 4.78 is 37.1. The lowest BCUT2D eigenvalue weighted by molar-refractivity contribution is -0.127. The maximum Gasteiger partial charge on any atom is 0.223 e. The molecule has 1 saturated heterocycles. The highest BCUT2D eigenvalue weighted by Crippen LogP contribution is 2.23. The van der Waals surface area contributed by atoms with Crippen LogP contribution in [0.25, 0.3) is 0 Å². The van der Waals surface area contributed by atoms with Gasteiger partial charge in [0.05, 0.1) is 10.9 Å². The summed E-state index contributed by atoms with van der Waals surface area (Å²) in [5.41, 5.74) is 1.46. The van der Waals surface area contributed by atoms with Crippen LogP contribution >= 0.6 is 11.6 Å². The van der Waals surface area contributed by atoms with Crippen molar-refractivity contribution in [2.75, 3.05) is 19.3 Å². The van der Waals surface area contributed by atoms with Gasteiger partial charge in [-0.1, -0.05) is 29.8 Å². The number of likely N-dealkylation sites (tertiary alicyclic amines) is 1. The Labute approximate surface area is 182 Å². The second kappa shape index (κ2) is 9.45. The van der Waals surface area contributed by atoms with E-state index >= 15 is 0 Å². The molecule has 1 heterocycles. The Morgan fingerprint density at radius 3 is 2.40 bits per heavy atom. The lowest BCUT2D eigenvalue weighted by atomic mass is 9.95. The zero-order valence-electron chi connectivity index (χ0n) is 17.1. The number of piperidine rings is 1. The number of carbonyl (C=O) groups is 1. The molecule has 0 unspecified atom stereocenters. The molecule has 0 bridgehead atoms. The average molecular weight is 453 g/mol. The third-order valence-corrected chi connectivity index (χ3v) is 6.90. The topological polar surface area (TPSA) is 66.5 Å². The summed E-state index contributed by atoms with van der Waals surface area (Å²) in [6, 6.07) is 11.1. The number of nitrogens with one attached hydrogen (secondary N) is 1. The van der Waals surface area contributed by atoms with Gasteiger partial charge in [-0.05, 0) is 62.7 Å². The van der Waals surface area contributed by atoms with Crippen LogP contribution in [0.1, 0.15) is 36.9 Å². The number of amides is 1. The molecule has 162 valence electrons. The number of hydrogen-bond acceptors (Lipinski definition) is 4. The highest BCUT2D eigenvalue weighted by atomic mass is 35.5. The summed E-state index contributed by atoms with van der Waals surface area (Å²) in [6.07, 6.45) is 2.59. The van der Waals surface area contributed by atoms with E-state index in [1.807, 2.05) is 6.92 Å². The van der Waals surface area contributed by atoms with Crippen LogP contribution in [-0.2, 0) is 21.2 Å². The first-order chi connectivity index (χ1) is 14.1. The third kappa shape index (κ3) is 5.80. The number of halogens is 2. The van der Waals surface area contributed by atoms with Gasteiger partial charge in [0.1, 0.15) is 5.82 Å². The summed E-state index contributed by atoms with van der Waals surface area (Å²) in [5, 5.41) is 3.40. The van der Waals surface area contributed by atoms with E-state index in [1.54, 1.807) is 36.4 Å². The lowest BCUT2D eigenvalue weighted by Crippen LogP contribution is -2.41. The van der Waals surface area contributed by atoms with Crippen molar-refractivity contribution in [2.24, 2.45) is 5.92 Å². The van der Waals surface area contributed by atoms with Crippen molar-refractivity contribution >= 4 is 27.3 Å². The van der Waals surface area contributed by atoms with Crippen LogP contribution in [0.5, 0.6) is 0 Å². The van der Waals surface area contributed by atoms with E-state index in [1.165, 1.54) is 12.3 Å². The molecule has 0 aliphatic carbocycles. The van der Waals surface area contributed by atoms with Crippen molar-refractivity contribution in [3.8, 4) is 0 Å². The fourth-order valence-electron chi connectivity index (χ4n) is 3.66. The molecule has 0 saturated carbocycles. The minimum absolute atomic E-state index is 0.00740. The van der Waals surface area contributed by atoms with Crippen LogP contribution in [0, 0.1) is 11.7 Å². The Morgan fingerprint density at radius 1 is 1.20 bits per heavy atom. The van der Waals surface area contributed by atoms with Crippen molar-refractivity contribution in [3.05, 3.63) is 64.4 Å². The zero-order valence-corrected chi connectivity index (χ0v) is 18.6. The molecule has 1 aliphatic rings. The van der Waals surface area contributed by atoms with E-state index in [-0.39, 0.29) is 28.6 Å². The molecule has 1 N–H and O–H groups in total. The van der Waals surface area contributed by atoms with Crippen molar-refractivity contribution < 1.29 is 17.6 Å². The van der Waals surface area contributed by atoms with Crippen molar-refractivity contribution in [3.63, 3.8) is 0 Å². The van der Waals surface area contributed by atoms with Crippen molar-refractivity contribution in [1.29, 1.82) is 0 Å². The fourth-order valence-corrected chi connectivity index (χ4v) is 4.45. The lowest BCUT2D eigenvalue weighted by Gasteiger charge is -2.32. The predicted molar refractivity (Wildman–Crippen MR) is 116 cm³/mol.